The number of amides is 2. The van der Waals surface area contributed by atoms with Gasteiger partial charge in [0.15, 0.2) is 0 Å². The Bertz CT molecular complexity index is 846. The fraction of sp³-hybridized carbons (Fsp3) is 0.821. The van der Waals surface area contributed by atoms with Crippen LogP contribution in [0.25, 0.3) is 0 Å². The van der Waals surface area contributed by atoms with Crippen molar-refractivity contribution in [3.8, 4) is 0 Å². The molecule has 36 heavy (non-hydrogen) atoms. The van der Waals surface area contributed by atoms with Crippen molar-refractivity contribution < 1.29 is 29.0 Å². The number of esters is 1. The number of aliphatic hydroxyl groups excluding tert-OH is 1. The number of unbranched alkanes of at least 4 members (excludes halogenated alkanes) is 2. The van der Waals surface area contributed by atoms with Crippen LogP contribution in [0.2, 0.25) is 0 Å². The monoisotopic (exact) mass is 506 g/mol. The fourth-order valence-electron chi connectivity index (χ4n) is 6.93. The summed E-state index contributed by atoms with van der Waals surface area (Å²) >= 11 is 0. The molecule has 0 radical (unpaired) electrons. The number of carbonyl (C=O) groups is 3. The Labute approximate surface area is 216 Å². The number of hydrogen-bond donors (Lipinski definition) is 1. The molecule has 3 rings (SSSR count). The van der Waals surface area contributed by atoms with Crippen LogP contribution < -0.4 is 0 Å². The highest BCUT2D eigenvalue weighted by Crippen LogP contribution is 2.65. The van der Waals surface area contributed by atoms with Gasteiger partial charge in [-0.3, -0.25) is 14.4 Å². The van der Waals surface area contributed by atoms with E-state index in [0.717, 1.165) is 19.3 Å². The summed E-state index contributed by atoms with van der Waals surface area (Å²) in [6.45, 7) is 16.5. The van der Waals surface area contributed by atoms with Crippen LogP contribution in [0.15, 0.2) is 12.7 Å². The molecule has 3 saturated heterocycles. The molecule has 8 nitrogen and oxygen atoms in total. The normalized spacial score (nSPS) is 33.7. The van der Waals surface area contributed by atoms with E-state index in [1.165, 1.54) is 0 Å². The molecule has 3 heterocycles. The Kier molecular flexibility index (Phi) is 8.92. The maximum atomic E-state index is 14.3. The Morgan fingerprint density at radius 3 is 2.58 bits per heavy atom. The van der Waals surface area contributed by atoms with Gasteiger partial charge in [0.05, 0.1) is 30.8 Å². The summed E-state index contributed by atoms with van der Waals surface area (Å²) in [5, 5.41) is 10.4. The van der Waals surface area contributed by atoms with Crippen molar-refractivity contribution in [1.29, 1.82) is 0 Å². The zero-order valence-electron chi connectivity index (χ0n) is 23.0. The van der Waals surface area contributed by atoms with Gasteiger partial charge >= 0.3 is 5.97 Å². The molecule has 1 N–H and O–H groups in total. The lowest BCUT2D eigenvalue weighted by Gasteiger charge is -2.40. The second kappa shape index (κ2) is 11.2. The molecule has 7 atom stereocenters. The van der Waals surface area contributed by atoms with Crippen molar-refractivity contribution in [2.24, 2.45) is 23.7 Å². The van der Waals surface area contributed by atoms with Crippen molar-refractivity contribution in [3.63, 3.8) is 0 Å². The number of carbonyl (C=O) groups excluding carboxylic acids is 3. The van der Waals surface area contributed by atoms with Gasteiger partial charge in [0, 0.05) is 13.1 Å². The maximum absolute atomic E-state index is 14.3. The minimum absolute atomic E-state index is 0.0446. The van der Waals surface area contributed by atoms with Crippen molar-refractivity contribution in [2.75, 3.05) is 26.3 Å². The van der Waals surface area contributed by atoms with Crippen LogP contribution in [0.3, 0.4) is 0 Å². The van der Waals surface area contributed by atoms with E-state index < -0.39 is 41.1 Å². The molecule has 8 heteroatoms. The second-order valence-corrected chi connectivity index (χ2v) is 11.4. The molecule has 2 amide bonds. The van der Waals surface area contributed by atoms with E-state index in [1.807, 2.05) is 27.7 Å². The Morgan fingerprint density at radius 2 is 2.03 bits per heavy atom. The number of ether oxygens (including phenoxy) is 2. The Hall–Kier alpha value is -1.93. The maximum Gasteiger partial charge on any atom is 0.312 e. The standard InChI is InChI=1S/C28H46N2O6/c1-8-11-12-14-29(13-9-2)25(33)23-28-16-19(6)27(7,36-28)22(26(34)35-10-3)21(28)24(32)30(23)20(17-31)15-18(4)5/h9,18-23,31H,2,8,10-17H2,1,3-7H3/t19?,20-,21+,22-,23?,27+,28?/m1/s1. The third kappa shape index (κ3) is 4.60. The molecule has 0 aliphatic carbocycles. The molecule has 3 fully saturated rings. The van der Waals surface area contributed by atoms with Gasteiger partial charge < -0.3 is 24.4 Å². The summed E-state index contributed by atoms with van der Waals surface area (Å²) in [7, 11) is 0. The van der Waals surface area contributed by atoms with Gasteiger partial charge in [-0.2, -0.15) is 0 Å². The van der Waals surface area contributed by atoms with Crippen molar-refractivity contribution >= 4 is 17.8 Å². The predicted molar refractivity (Wildman–Crippen MR) is 137 cm³/mol. The van der Waals surface area contributed by atoms with Crippen molar-refractivity contribution in [1.82, 2.24) is 9.80 Å². The van der Waals surface area contributed by atoms with Gasteiger partial charge in [-0.25, -0.2) is 0 Å². The average Bonchev–Trinajstić information content (AvgIpc) is 3.33. The molecular formula is C28H46N2O6. The van der Waals surface area contributed by atoms with Crippen molar-refractivity contribution in [3.05, 3.63) is 12.7 Å². The van der Waals surface area contributed by atoms with Crippen LogP contribution >= 0.6 is 0 Å². The van der Waals surface area contributed by atoms with E-state index in [-0.39, 0.29) is 36.9 Å². The highest BCUT2D eigenvalue weighted by atomic mass is 16.6. The van der Waals surface area contributed by atoms with Crippen molar-refractivity contribution in [2.45, 2.75) is 96.9 Å². The predicted octanol–water partition coefficient (Wildman–Crippen LogP) is 3.17. The summed E-state index contributed by atoms with van der Waals surface area (Å²) in [6, 6.07) is -1.45. The third-order valence-electron chi connectivity index (χ3n) is 8.57. The van der Waals surface area contributed by atoms with Crippen LogP contribution in [0.4, 0.5) is 0 Å². The summed E-state index contributed by atoms with van der Waals surface area (Å²) in [5.41, 5.74) is -2.02. The number of rotatable bonds is 13. The van der Waals surface area contributed by atoms with Crippen LogP contribution in [-0.2, 0) is 23.9 Å². The molecule has 3 aliphatic rings. The molecule has 3 aliphatic heterocycles. The second-order valence-electron chi connectivity index (χ2n) is 11.4. The Balaban J connectivity index is 2.13. The fourth-order valence-corrected chi connectivity index (χ4v) is 6.93. The topological polar surface area (TPSA) is 96.4 Å². The van der Waals surface area contributed by atoms with Gasteiger partial charge in [-0.1, -0.05) is 46.6 Å². The van der Waals surface area contributed by atoms with E-state index in [9.17, 15) is 19.5 Å². The quantitative estimate of drug-likeness (QED) is 0.234. The number of likely N-dealkylation sites (tertiary alicyclic amines) is 1. The molecule has 0 saturated carbocycles. The number of fused-ring (bicyclic) bond motifs is 1. The summed E-state index contributed by atoms with van der Waals surface area (Å²) in [6.07, 6.45) is 5.62. The number of aliphatic hydroxyl groups is 1. The zero-order chi connectivity index (χ0) is 26.8. The summed E-state index contributed by atoms with van der Waals surface area (Å²) < 4.78 is 12.2. The van der Waals surface area contributed by atoms with Crippen LogP contribution in [0.5, 0.6) is 0 Å². The largest absolute Gasteiger partial charge is 0.466 e. The van der Waals surface area contributed by atoms with Crippen LogP contribution in [0, 0.1) is 23.7 Å². The van der Waals surface area contributed by atoms with E-state index in [2.05, 4.69) is 13.5 Å². The molecule has 3 unspecified atom stereocenters. The molecule has 1 spiro atoms. The first-order valence-corrected chi connectivity index (χ1v) is 13.7. The smallest absolute Gasteiger partial charge is 0.312 e. The first-order chi connectivity index (χ1) is 17.0. The van der Waals surface area contributed by atoms with Crippen LogP contribution in [-0.4, -0.2) is 82.3 Å². The van der Waals surface area contributed by atoms with Gasteiger partial charge in [0.1, 0.15) is 17.6 Å². The average molecular weight is 507 g/mol. The summed E-state index contributed by atoms with van der Waals surface area (Å²) in [5.74, 6) is -2.37. The van der Waals surface area contributed by atoms with Gasteiger partial charge in [0.2, 0.25) is 11.8 Å². The first-order valence-electron chi connectivity index (χ1n) is 13.7. The molecular weight excluding hydrogens is 460 g/mol. The number of hydrogen-bond acceptors (Lipinski definition) is 6. The first kappa shape index (κ1) is 28.6. The highest BCUT2D eigenvalue weighted by molar-refractivity contribution is 5.98. The molecule has 0 aromatic rings. The van der Waals surface area contributed by atoms with Gasteiger partial charge in [0.25, 0.3) is 0 Å². The molecule has 0 aromatic carbocycles. The van der Waals surface area contributed by atoms with Gasteiger partial charge in [-0.05, 0) is 44.9 Å². The lowest BCUT2D eigenvalue weighted by molar-refractivity contribution is -0.163. The van der Waals surface area contributed by atoms with E-state index >= 15 is 0 Å². The van der Waals surface area contributed by atoms with E-state index in [0.29, 0.717) is 25.9 Å². The highest BCUT2D eigenvalue weighted by Gasteiger charge is 2.80. The molecule has 204 valence electrons. The molecule has 2 bridgehead atoms. The minimum atomic E-state index is -1.13. The van der Waals surface area contributed by atoms with Crippen LogP contribution in [0.1, 0.15) is 73.6 Å². The third-order valence-corrected chi connectivity index (χ3v) is 8.57. The van der Waals surface area contributed by atoms with E-state index in [4.69, 9.17) is 9.47 Å². The lowest BCUT2D eigenvalue weighted by Crippen LogP contribution is -2.59. The SMILES string of the molecule is C=CCN(CCCCC)C(=O)C1N([C@@H](CO)CC(C)C)C(=O)[C@@H]2[C@H](C(=O)OCC)[C@@]3(C)OC12CC3C. The lowest BCUT2D eigenvalue weighted by atomic mass is 9.62. The summed E-state index contributed by atoms with van der Waals surface area (Å²) in [4.78, 5) is 45.1. The van der Waals surface area contributed by atoms with Gasteiger partial charge in [-0.15, -0.1) is 6.58 Å². The Morgan fingerprint density at radius 1 is 1.33 bits per heavy atom. The number of nitrogens with zero attached hydrogens (tertiary/aromatic N) is 2. The molecule has 0 aromatic heterocycles. The zero-order valence-corrected chi connectivity index (χ0v) is 23.0. The minimum Gasteiger partial charge on any atom is -0.466 e. The van der Waals surface area contributed by atoms with E-state index in [1.54, 1.807) is 22.8 Å².